The minimum Gasteiger partial charge on any atom is -0.308 e. The summed E-state index contributed by atoms with van der Waals surface area (Å²) in [6, 6.07) is 1.92. The average molecular weight is 358 g/mol. The molecular formula is C11H9BrFN5O3. The van der Waals surface area contributed by atoms with Crippen LogP contribution in [-0.4, -0.2) is 23.9 Å². The molecule has 0 aromatic heterocycles. The lowest BCUT2D eigenvalue weighted by Gasteiger charge is -2.18. The number of carbonyl (C=O) groups is 1. The molecule has 1 fully saturated rings. The molecule has 1 aromatic carbocycles. The number of nitrogens with zero attached hydrogens (tertiary/aromatic N) is 5. The van der Waals surface area contributed by atoms with Gasteiger partial charge in [0.1, 0.15) is 0 Å². The lowest BCUT2D eigenvalue weighted by molar-refractivity contribution is -0.385. The van der Waals surface area contributed by atoms with Gasteiger partial charge in [0.2, 0.25) is 5.91 Å². The Kier molecular flexibility index (Phi) is 4.39. The van der Waals surface area contributed by atoms with Gasteiger partial charge >= 0.3 is 0 Å². The molecule has 1 saturated heterocycles. The van der Waals surface area contributed by atoms with Crippen LogP contribution in [0.4, 0.5) is 15.8 Å². The maximum Gasteiger partial charge on any atom is 0.273 e. The molecule has 1 unspecified atom stereocenters. The molecule has 1 aliphatic rings. The fourth-order valence-electron chi connectivity index (χ4n) is 2.19. The van der Waals surface area contributed by atoms with E-state index >= 15 is 0 Å². The standard InChI is InChI=1S/C11H9BrFN5O3/c12-8-2-7(18(20)21)3-9(13)11(8)17-5-6(1-10(17)19)4-15-16-14/h2-3,6H,1,4-5H2. The van der Waals surface area contributed by atoms with E-state index in [9.17, 15) is 19.3 Å². The molecule has 1 amide bonds. The molecule has 1 aromatic rings. The molecule has 0 aliphatic carbocycles. The largest absolute Gasteiger partial charge is 0.308 e. The lowest BCUT2D eigenvalue weighted by atomic mass is 10.1. The van der Waals surface area contributed by atoms with Crippen molar-refractivity contribution in [3.05, 3.63) is 43.0 Å². The normalized spacial score (nSPS) is 17.7. The summed E-state index contributed by atoms with van der Waals surface area (Å²) in [4.78, 5) is 25.7. The van der Waals surface area contributed by atoms with Crippen LogP contribution in [0.1, 0.15) is 6.42 Å². The summed E-state index contributed by atoms with van der Waals surface area (Å²) in [5.74, 6) is -1.37. The Morgan fingerprint density at radius 1 is 1.62 bits per heavy atom. The first-order valence-electron chi connectivity index (χ1n) is 5.88. The monoisotopic (exact) mass is 357 g/mol. The molecule has 0 saturated carbocycles. The van der Waals surface area contributed by atoms with Crippen molar-refractivity contribution in [2.75, 3.05) is 18.0 Å². The van der Waals surface area contributed by atoms with Gasteiger partial charge in [-0.3, -0.25) is 14.9 Å². The van der Waals surface area contributed by atoms with Crippen LogP contribution in [0.5, 0.6) is 0 Å². The molecule has 110 valence electrons. The van der Waals surface area contributed by atoms with Crippen molar-refractivity contribution in [3.8, 4) is 0 Å². The molecule has 0 spiro atoms. The highest BCUT2D eigenvalue weighted by Crippen LogP contribution is 2.36. The van der Waals surface area contributed by atoms with E-state index in [4.69, 9.17) is 5.53 Å². The number of rotatable bonds is 4. The summed E-state index contributed by atoms with van der Waals surface area (Å²) < 4.78 is 14.2. The molecule has 10 heteroatoms. The number of benzene rings is 1. The first kappa shape index (κ1) is 15.2. The van der Waals surface area contributed by atoms with Crippen LogP contribution >= 0.6 is 15.9 Å². The maximum atomic E-state index is 14.1. The van der Waals surface area contributed by atoms with Crippen LogP contribution in [0, 0.1) is 21.8 Å². The van der Waals surface area contributed by atoms with Crippen molar-refractivity contribution in [1.82, 2.24) is 0 Å². The van der Waals surface area contributed by atoms with E-state index in [0.717, 1.165) is 12.1 Å². The molecule has 1 aliphatic heterocycles. The second kappa shape index (κ2) is 6.06. The molecule has 2 rings (SSSR count). The highest BCUT2D eigenvalue weighted by Gasteiger charge is 2.33. The molecule has 21 heavy (non-hydrogen) atoms. The summed E-state index contributed by atoms with van der Waals surface area (Å²) >= 11 is 3.06. The highest BCUT2D eigenvalue weighted by molar-refractivity contribution is 9.10. The summed E-state index contributed by atoms with van der Waals surface area (Å²) in [7, 11) is 0. The third-order valence-electron chi connectivity index (χ3n) is 3.09. The minimum absolute atomic E-state index is 0.0333. The van der Waals surface area contributed by atoms with Crippen molar-refractivity contribution in [2.24, 2.45) is 11.0 Å². The average Bonchev–Trinajstić information content (AvgIpc) is 2.76. The van der Waals surface area contributed by atoms with E-state index in [-0.39, 0.29) is 41.5 Å². The molecule has 8 nitrogen and oxygen atoms in total. The SMILES string of the molecule is [N-]=[N+]=NCC1CC(=O)N(c2c(F)cc([N+](=O)[O-])cc2Br)C1. The van der Waals surface area contributed by atoms with E-state index in [1.807, 2.05) is 0 Å². The van der Waals surface area contributed by atoms with Crippen LogP contribution < -0.4 is 4.90 Å². The lowest BCUT2D eigenvalue weighted by Crippen LogP contribution is -2.26. The van der Waals surface area contributed by atoms with E-state index in [1.54, 1.807) is 0 Å². The summed E-state index contributed by atoms with van der Waals surface area (Å²) in [6.07, 6.45) is 0.141. The number of halogens is 2. The Balaban J connectivity index is 2.32. The van der Waals surface area contributed by atoms with Gasteiger partial charge in [-0.1, -0.05) is 5.11 Å². The van der Waals surface area contributed by atoms with Gasteiger partial charge in [-0.25, -0.2) is 4.39 Å². The quantitative estimate of drug-likeness (QED) is 0.271. The Morgan fingerprint density at radius 2 is 2.33 bits per heavy atom. The van der Waals surface area contributed by atoms with Gasteiger partial charge < -0.3 is 4.90 Å². The van der Waals surface area contributed by atoms with Crippen molar-refractivity contribution < 1.29 is 14.1 Å². The van der Waals surface area contributed by atoms with Crippen molar-refractivity contribution >= 4 is 33.2 Å². The van der Waals surface area contributed by atoms with E-state index in [0.29, 0.717) is 0 Å². The Hall–Kier alpha value is -2.19. The fraction of sp³-hybridized carbons (Fsp3) is 0.364. The number of non-ortho nitro benzene ring substituents is 1. The fourth-order valence-corrected chi connectivity index (χ4v) is 2.83. The van der Waals surface area contributed by atoms with Crippen molar-refractivity contribution in [2.45, 2.75) is 6.42 Å². The number of hydrogen-bond acceptors (Lipinski definition) is 4. The third kappa shape index (κ3) is 3.11. The number of hydrogen-bond donors (Lipinski definition) is 0. The number of nitro groups is 1. The topological polar surface area (TPSA) is 112 Å². The molecule has 0 N–H and O–H groups in total. The smallest absolute Gasteiger partial charge is 0.273 e. The minimum atomic E-state index is -0.853. The zero-order valence-corrected chi connectivity index (χ0v) is 12.2. The van der Waals surface area contributed by atoms with E-state index in [2.05, 4.69) is 26.0 Å². The number of azide groups is 1. The number of anilines is 1. The predicted molar refractivity (Wildman–Crippen MR) is 75.2 cm³/mol. The highest BCUT2D eigenvalue weighted by atomic mass is 79.9. The van der Waals surface area contributed by atoms with Crippen molar-refractivity contribution in [3.63, 3.8) is 0 Å². The van der Waals surface area contributed by atoms with Crippen LogP contribution in [-0.2, 0) is 4.79 Å². The first-order valence-corrected chi connectivity index (χ1v) is 6.68. The Morgan fingerprint density at radius 3 is 2.90 bits per heavy atom. The molecule has 0 radical (unpaired) electrons. The molecular weight excluding hydrogens is 349 g/mol. The summed E-state index contributed by atoms with van der Waals surface area (Å²) in [5, 5.41) is 14.1. The third-order valence-corrected chi connectivity index (χ3v) is 3.70. The number of carbonyl (C=O) groups excluding carboxylic acids is 1. The van der Waals surface area contributed by atoms with Crippen molar-refractivity contribution in [1.29, 1.82) is 0 Å². The molecule has 1 heterocycles. The number of amides is 1. The zero-order valence-electron chi connectivity index (χ0n) is 10.6. The molecule has 0 bridgehead atoms. The first-order chi connectivity index (χ1) is 9.93. The van der Waals surface area contributed by atoms with Gasteiger partial charge in [0.25, 0.3) is 5.69 Å². The predicted octanol–water partition coefficient (Wildman–Crippen LogP) is 3.16. The van der Waals surface area contributed by atoms with Crippen LogP contribution in [0.15, 0.2) is 21.7 Å². The maximum absolute atomic E-state index is 14.1. The summed E-state index contributed by atoms with van der Waals surface area (Å²) in [6.45, 7) is 0.343. The number of nitro benzene ring substituents is 1. The van der Waals surface area contributed by atoms with Crippen LogP contribution in [0.25, 0.3) is 10.4 Å². The van der Waals surface area contributed by atoms with Gasteiger partial charge in [0.05, 0.1) is 21.1 Å². The van der Waals surface area contributed by atoms with Crippen LogP contribution in [0.3, 0.4) is 0 Å². The second-order valence-electron chi connectivity index (χ2n) is 4.50. The molecule has 1 atom stereocenters. The Labute approximate surface area is 126 Å². The summed E-state index contributed by atoms with van der Waals surface area (Å²) in [5.41, 5.74) is 7.84. The van der Waals surface area contributed by atoms with Gasteiger partial charge in [-0.15, -0.1) is 0 Å². The second-order valence-corrected chi connectivity index (χ2v) is 5.36. The Bertz CT molecular complexity index is 638. The van der Waals surface area contributed by atoms with Gasteiger partial charge in [-0.2, -0.15) is 0 Å². The van der Waals surface area contributed by atoms with Gasteiger partial charge in [0.15, 0.2) is 5.82 Å². The van der Waals surface area contributed by atoms with Gasteiger partial charge in [0, 0.05) is 30.5 Å². The zero-order chi connectivity index (χ0) is 15.6. The van der Waals surface area contributed by atoms with E-state index < -0.39 is 16.4 Å². The van der Waals surface area contributed by atoms with E-state index in [1.165, 1.54) is 4.90 Å². The van der Waals surface area contributed by atoms with Crippen LogP contribution in [0.2, 0.25) is 0 Å². The van der Waals surface area contributed by atoms with Gasteiger partial charge in [-0.05, 0) is 27.4 Å².